The minimum Gasteiger partial charge on any atom is -0.465 e. The summed E-state index contributed by atoms with van der Waals surface area (Å²) in [4.78, 5) is 0. The van der Waals surface area contributed by atoms with Crippen LogP contribution in [0.1, 0.15) is 17.1 Å². The van der Waals surface area contributed by atoms with Crippen LogP contribution in [-0.2, 0) is 12.7 Å². The largest absolute Gasteiger partial charge is 0.465 e. The van der Waals surface area contributed by atoms with Gasteiger partial charge in [-0.3, -0.25) is 0 Å². The van der Waals surface area contributed by atoms with Crippen LogP contribution >= 0.6 is 0 Å². The summed E-state index contributed by atoms with van der Waals surface area (Å²) in [5, 5.41) is 2.74. The lowest BCUT2D eigenvalue weighted by Gasteiger charge is -2.13. The molecule has 1 aromatic carbocycles. The van der Waals surface area contributed by atoms with Gasteiger partial charge < -0.3 is 9.73 Å². The van der Waals surface area contributed by atoms with Gasteiger partial charge in [-0.25, -0.2) is 0 Å². The van der Waals surface area contributed by atoms with E-state index in [1.54, 1.807) is 25.1 Å². The zero-order chi connectivity index (χ0) is 13.2. The summed E-state index contributed by atoms with van der Waals surface area (Å²) in [6, 6.07) is 8.88. The second kappa shape index (κ2) is 4.76. The SMILES string of the molecule is Cc1ccc(CNc2ccccc2C(F)(F)F)o1. The molecular weight excluding hydrogens is 243 g/mol. The van der Waals surface area contributed by atoms with Crippen LogP contribution in [0.15, 0.2) is 40.8 Å². The van der Waals surface area contributed by atoms with Crippen LogP contribution in [0.5, 0.6) is 0 Å². The third-order valence-corrected chi connectivity index (χ3v) is 2.48. The Morgan fingerprint density at radius 3 is 2.44 bits per heavy atom. The third-order valence-electron chi connectivity index (χ3n) is 2.48. The third kappa shape index (κ3) is 2.85. The van der Waals surface area contributed by atoms with Gasteiger partial charge in [0.2, 0.25) is 0 Å². The molecule has 1 aromatic heterocycles. The molecule has 2 nitrogen and oxygen atoms in total. The lowest BCUT2D eigenvalue weighted by atomic mass is 10.1. The molecule has 0 spiro atoms. The number of benzene rings is 1. The highest BCUT2D eigenvalue weighted by molar-refractivity contribution is 5.52. The van der Waals surface area contributed by atoms with Gasteiger partial charge in [0.05, 0.1) is 12.1 Å². The van der Waals surface area contributed by atoms with E-state index in [9.17, 15) is 13.2 Å². The first-order valence-electron chi connectivity index (χ1n) is 5.42. The standard InChI is InChI=1S/C13H12F3NO/c1-9-6-7-10(18-9)8-17-12-5-3-2-4-11(12)13(14,15)16/h2-7,17H,8H2,1H3. The van der Waals surface area contributed by atoms with Crippen LogP contribution in [0.4, 0.5) is 18.9 Å². The highest BCUT2D eigenvalue weighted by Crippen LogP contribution is 2.34. The molecule has 0 aliphatic carbocycles. The van der Waals surface area contributed by atoms with Crippen molar-refractivity contribution in [3.8, 4) is 0 Å². The molecule has 1 heterocycles. The average molecular weight is 255 g/mol. The minimum absolute atomic E-state index is 0.0547. The van der Waals surface area contributed by atoms with Crippen LogP contribution < -0.4 is 5.32 Å². The first-order valence-corrected chi connectivity index (χ1v) is 5.42. The normalized spacial score (nSPS) is 11.6. The van der Waals surface area contributed by atoms with Crippen molar-refractivity contribution >= 4 is 5.69 Å². The Balaban J connectivity index is 2.14. The Labute approximate surface area is 102 Å². The number of halogens is 3. The summed E-state index contributed by atoms with van der Waals surface area (Å²) < 4.78 is 43.4. The van der Waals surface area contributed by atoms with Gasteiger partial charge in [0.15, 0.2) is 0 Å². The molecule has 0 fully saturated rings. The molecule has 2 rings (SSSR count). The summed E-state index contributed by atoms with van der Waals surface area (Å²) in [5.74, 6) is 1.33. The second-order valence-electron chi connectivity index (χ2n) is 3.91. The lowest BCUT2D eigenvalue weighted by molar-refractivity contribution is -0.137. The maximum absolute atomic E-state index is 12.7. The van der Waals surface area contributed by atoms with Gasteiger partial charge in [-0.15, -0.1) is 0 Å². The fraction of sp³-hybridized carbons (Fsp3) is 0.231. The molecule has 0 atom stereocenters. The predicted molar refractivity (Wildman–Crippen MR) is 62.2 cm³/mol. The number of nitrogens with one attached hydrogen (secondary N) is 1. The molecule has 2 aromatic rings. The van der Waals surface area contributed by atoms with Gasteiger partial charge in [0.1, 0.15) is 11.5 Å². The van der Waals surface area contributed by atoms with E-state index in [-0.39, 0.29) is 12.2 Å². The number of anilines is 1. The molecule has 5 heteroatoms. The zero-order valence-electron chi connectivity index (χ0n) is 9.71. The summed E-state index contributed by atoms with van der Waals surface area (Å²) in [6.07, 6.45) is -4.36. The first-order chi connectivity index (χ1) is 8.47. The van der Waals surface area contributed by atoms with Crippen molar-refractivity contribution in [2.75, 3.05) is 5.32 Å². The molecule has 0 saturated heterocycles. The molecule has 0 saturated carbocycles. The number of furan rings is 1. The minimum atomic E-state index is -4.36. The van der Waals surface area contributed by atoms with Crippen molar-refractivity contribution in [2.24, 2.45) is 0 Å². The van der Waals surface area contributed by atoms with E-state index in [0.717, 1.165) is 11.8 Å². The predicted octanol–water partition coefficient (Wildman–Crippen LogP) is 4.22. The number of aryl methyl sites for hydroxylation is 1. The number of hydrogen-bond acceptors (Lipinski definition) is 2. The van der Waals surface area contributed by atoms with E-state index in [0.29, 0.717) is 5.76 Å². The van der Waals surface area contributed by atoms with E-state index in [4.69, 9.17) is 4.42 Å². The molecule has 0 unspecified atom stereocenters. The van der Waals surface area contributed by atoms with E-state index >= 15 is 0 Å². The van der Waals surface area contributed by atoms with Crippen LogP contribution in [0.25, 0.3) is 0 Å². The maximum Gasteiger partial charge on any atom is 0.418 e. The number of hydrogen-bond donors (Lipinski definition) is 1. The van der Waals surface area contributed by atoms with Gasteiger partial charge in [0, 0.05) is 5.69 Å². The number of rotatable bonds is 3. The number of alkyl halides is 3. The highest BCUT2D eigenvalue weighted by Gasteiger charge is 2.33. The summed E-state index contributed by atoms with van der Waals surface area (Å²) >= 11 is 0. The average Bonchev–Trinajstić information content (AvgIpc) is 2.72. The fourth-order valence-corrected chi connectivity index (χ4v) is 1.65. The van der Waals surface area contributed by atoms with Gasteiger partial charge in [-0.1, -0.05) is 12.1 Å². The molecule has 1 N–H and O–H groups in total. The molecular formula is C13H12F3NO. The lowest BCUT2D eigenvalue weighted by Crippen LogP contribution is -2.10. The summed E-state index contributed by atoms with van der Waals surface area (Å²) in [7, 11) is 0. The Hall–Kier alpha value is -1.91. The summed E-state index contributed by atoms with van der Waals surface area (Å²) in [5.41, 5.74) is -0.618. The molecule has 18 heavy (non-hydrogen) atoms. The van der Waals surface area contributed by atoms with Gasteiger partial charge in [-0.05, 0) is 31.2 Å². The number of para-hydroxylation sites is 1. The highest BCUT2D eigenvalue weighted by atomic mass is 19.4. The van der Waals surface area contributed by atoms with Crippen molar-refractivity contribution in [2.45, 2.75) is 19.6 Å². The van der Waals surface area contributed by atoms with Crippen molar-refractivity contribution in [1.82, 2.24) is 0 Å². The van der Waals surface area contributed by atoms with Gasteiger partial charge in [-0.2, -0.15) is 13.2 Å². The van der Waals surface area contributed by atoms with Crippen LogP contribution in [0.3, 0.4) is 0 Å². The molecule has 0 amide bonds. The Bertz CT molecular complexity index is 531. The van der Waals surface area contributed by atoms with Crippen molar-refractivity contribution in [3.05, 3.63) is 53.5 Å². The second-order valence-corrected chi connectivity index (χ2v) is 3.91. The smallest absolute Gasteiger partial charge is 0.418 e. The molecule has 0 aliphatic rings. The topological polar surface area (TPSA) is 25.2 Å². The maximum atomic E-state index is 12.7. The molecule has 0 bridgehead atoms. The van der Waals surface area contributed by atoms with E-state index in [1.807, 2.05) is 0 Å². The monoisotopic (exact) mass is 255 g/mol. The van der Waals surface area contributed by atoms with Gasteiger partial charge >= 0.3 is 6.18 Å². The fourth-order valence-electron chi connectivity index (χ4n) is 1.65. The van der Waals surface area contributed by atoms with Crippen molar-refractivity contribution < 1.29 is 17.6 Å². The Morgan fingerprint density at radius 2 is 1.83 bits per heavy atom. The Morgan fingerprint density at radius 1 is 1.11 bits per heavy atom. The Kier molecular flexibility index (Phi) is 3.32. The van der Waals surface area contributed by atoms with Crippen LogP contribution in [-0.4, -0.2) is 0 Å². The van der Waals surface area contributed by atoms with Crippen LogP contribution in [0, 0.1) is 6.92 Å². The molecule has 0 aliphatic heterocycles. The van der Waals surface area contributed by atoms with E-state index in [2.05, 4.69) is 5.32 Å². The molecule has 0 radical (unpaired) electrons. The van der Waals surface area contributed by atoms with E-state index < -0.39 is 11.7 Å². The van der Waals surface area contributed by atoms with Crippen LogP contribution in [0.2, 0.25) is 0 Å². The van der Waals surface area contributed by atoms with Crippen molar-refractivity contribution in [3.63, 3.8) is 0 Å². The van der Waals surface area contributed by atoms with E-state index in [1.165, 1.54) is 12.1 Å². The molecule has 96 valence electrons. The zero-order valence-corrected chi connectivity index (χ0v) is 9.71. The first kappa shape index (κ1) is 12.5. The quantitative estimate of drug-likeness (QED) is 0.888. The summed E-state index contributed by atoms with van der Waals surface area (Å²) in [6.45, 7) is 2.01. The van der Waals surface area contributed by atoms with Crippen molar-refractivity contribution in [1.29, 1.82) is 0 Å². The van der Waals surface area contributed by atoms with Gasteiger partial charge in [0.25, 0.3) is 0 Å².